The topological polar surface area (TPSA) is 40.1 Å². The van der Waals surface area contributed by atoms with Crippen molar-refractivity contribution in [3.8, 4) is 20.9 Å². The molecule has 4 aromatic carbocycles. The molecule has 216 valence electrons. The molecule has 0 saturated carbocycles. The van der Waals surface area contributed by atoms with Crippen LogP contribution in [0.4, 0.5) is 0 Å². The van der Waals surface area contributed by atoms with E-state index in [4.69, 9.17) is 0 Å². The van der Waals surface area contributed by atoms with Crippen LogP contribution in [-0.2, 0) is 4.79 Å². The zero-order chi connectivity index (χ0) is 30.8. The van der Waals surface area contributed by atoms with E-state index < -0.39 is 0 Å². The van der Waals surface area contributed by atoms with Crippen molar-refractivity contribution in [3.63, 3.8) is 0 Å². The van der Waals surface area contributed by atoms with Gasteiger partial charge in [-0.2, -0.15) is 0 Å². The highest BCUT2D eigenvalue weighted by molar-refractivity contribution is 8.16. The molecule has 1 aliphatic carbocycles. The minimum absolute atomic E-state index is 0.206. The van der Waals surface area contributed by atoms with Gasteiger partial charge in [-0.15, -0.1) is 0 Å². The molecule has 0 radical (unpaired) electrons. The lowest BCUT2D eigenvalue weighted by molar-refractivity contribution is -0.300. The van der Waals surface area contributed by atoms with E-state index in [0.717, 1.165) is 53.0 Å². The second-order valence-corrected chi connectivity index (χ2v) is 13.0. The third kappa shape index (κ3) is 5.91. The van der Waals surface area contributed by atoms with Gasteiger partial charge >= 0.3 is 0 Å². The molecule has 0 amide bonds. The summed E-state index contributed by atoms with van der Waals surface area (Å²) < 4.78 is 0. The number of allylic oxidation sites excluding steroid dienone is 6. The summed E-state index contributed by atoms with van der Waals surface area (Å²) in [5.74, 6) is -0.412. The van der Waals surface area contributed by atoms with Gasteiger partial charge in [-0.3, -0.25) is 4.79 Å². The van der Waals surface area contributed by atoms with Gasteiger partial charge in [0, 0.05) is 44.2 Å². The Labute approximate surface area is 271 Å². The minimum atomic E-state index is -0.206. The Hall–Kier alpha value is -5.03. The second-order valence-electron chi connectivity index (χ2n) is 10.9. The number of Topliss-reactive ketones (excluding diaryl/α,β-unsaturated/α-hetero) is 1. The number of rotatable bonds is 6. The van der Waals surface area contributed by atoms with E-state index >= 15 is 0 Å². The van der Waals surface area contributed by atoms with Crippen LogP contribution in [0, 0.1) is 0 Å². The first kappa shape index (κ1) is 28.7. The lowest BCUT2D eigenvalue weighted by Gasteiger charge is -2.32. The molecule has 0 fully saturated rings. The fourth-order valence-corrected chi connectivity index (χ4v) is 7.75. The fraction of sp³-hybridized carbons (Fsp3) is 0.0244. The van der Waals surface area contributed by atoms with Gasteiger partial charge in [-0.05, 0) is 77.3 Å². The number of benzene rings is 4. The standard InChI is InChI=1S/C41H28O2S2/c1-27(33-25-37(31-18-10-4-11-19-31)45-38(26-33)32-20-12-5-13-21-32)39-40(42)34(41(39)43)22-28-23-35(29-14-6-2-7-15-29)44-36(24-28)30-16-8-3-9-17-30/h2-26H,1H3. The van der Waals surface area contributed by atoms with Gasteiger partial charge in [0.2, 0.25) is 21.1 Å². The summed E-state index contributed by atoms with van der Waals surface area (Å²) in [5, 5.41) is 13.7. The van der Waals surface area contributed by atoms with E-state index in [1.54, 1.807) is 29.2 Å². The summed E-state index contributed by atoms with van der Waals surface area (Å²) in [5.41, 5.74) is 7.28. The van der Waals surface area contributed by atoms with Gasteiger partial charge in [0.25, 0.3) is 0 Å². The minimum Gasteiger partial charge on any atom is -0.871 e. The molecule has 2 nitrogen and oxygen atoms in total. The van der Waals surface area contributed by atoms with Crippen molar-refractivity contribution >= 4 is 44.8 Å². The fourth-order valence-electron chi connectivity index (χ4n) is 5.50. The van der Waals surface area contributed by atoms with Crippen molar-refractivity contribution in [3.05, 3.63) is 190 Å². The Bertz CT molecular complexity index is 1950. The number of ketones is 1. The Morgan fingerprint density at radius 2 is 1.07 bits per heavy atom. The van der Waals surface area contributed by atoms with Crippen LogP contribution in [0.25, 0.3) is 36.8 Å². The maximum atomic E-state index is 13.7. The largest absolute Gasteiger partial charge is 0.871 e. The molecule has 0 saturated heterocycles. The molecule has 45 heavy (non-hydrogen) atoms. The van der Waals surface area contributed by atoms with Crippen LogP contribution in [0.5, 0.6) is 0 Å². The van der Waals surface area contributed by atoms with Crippen molar-refractivity contribution < 1.29 is 9.90 Å². The first-order chi connectivity index (χ1) is 22.0. The predicted molar refractivity (Wildman–Crippen MR) is 189 cm³/mol. The average molecular weight is 617 g/mol. The molecule has 0 spiro atoms. The maximum absolute atomic E-state index is 13.7. The highest BCUT2D eigenvalue weighted by Gasteiger charge is 2.30. The first-order valence-electron chi connectivity index (χ1n) is 14.8. The van der Waals surface area contributed by atoms with Crippen LogP contribution in [0.2, 0.25) is 0 Å². The monoisotopic (exact) mass is 616 g/mol. The van der Waals surface area contributed by atoms with Crippen molar-refractivity contribution in [2.24, 2.45) is 0 Å². The number of thioether (sulfide) groups is 1. The maximum Gasteiger partial charge on any atom is 0.239 e. The summed E-state index contributed by atoms with van der Waals surface area (Å²) in [6, 6.07) is 44.9. The van der Waals surface area contributed by atoms with Gasteiger partial charge in [-0.1, -0.05) is 115 Å². The van der Waals surface area contributed by atoms with Crippen LogP contribution in [0.1, 0.15) is 23.6 Å². The molecule has 4 heteroatoms. The SMILES string of the molecule is CC(=C1C=C(c2ccccc2)SC(c2ccccc2)=C1)C1=C([O-])C(=Cc2cc(-c3ccccc3)[s+]c(-c3ccccc3)c2)C1=O. The molecule has 0 N–H and O–H groups in total. The molecule has 2 aliphatic rings. The number of hydrogen-bond acceptors (Lipinski definition) is 3. The van der Waals surface area contributed by atoms with E-state index in [2.05, 4.69) is 72.8 Å². The third-order valence-corrected chi connectivity index (χ3v) is 10.2. The molecular formula is C41H28O2S2. The summed E-state index contributed by atoms with van der Waals surface area (Å²) in [6.45, 7) is 1.89. The van der Waals surface area contributed by atoms with Crippen molar-refractivity contribution in [2.75, 3.05) is 0 Å². The molecule has 0 unspecified atom stereocenters. The zero-order valence-corrected chi connectivity index (χ0v) is 26.2. The third-order valence-electron chi connectivity index (χ3n) is 7.90. The molecule has 2 heterocycles. The van der Waals surface area contributed by atoms with Crippen molar-refractivity contribution in [2.45, 2.75) is 6.92 Å². The Morgan fingerprint density at radius 3 is 1.49 bits per heavy atom. The number of hydrogen-bond donors (Lipinski definition) is 0. The van der Waals surface area contributed by atoms with E-state index in [9.17, 15) is 9.90 Å². The molecule has 0 atom stereocenters. The predicted octanol–water partition coefficient (Wildman–Crippen LogP) is 10.1. The molecular weight excluding hydrogens is 589 g/mol. The Balaban J connectivity index is 1.31. The average Bonchev–Trinajstić information content (AvgIpc) is 3.12. The van der Waals surface area contributed by atoms with Gasteiger partial charge in [0.15, 0.2) is 5.78 Å². The number of carbonyl (C=O) groups excluding carboxylic acids is 1. The summed E-state index contributed by atoms with van der Waals surface area (Å²) in [4.78, 5) is 18.0. The lowest BCUT2D eigenvalue weighted by Crippen LogP contribution is -2.30. The summed E-state index contributed by atoms with van der Waals surface area (Å²) in [6.07, 6.45) is 5.94. The highest BCUT2D eigenvalue weighted by atomic mass is 32.2. The second kappa shape index (κ2) is 12.5. The first-order valence-corrected chi connectivity index (χ1v) is 16.4. The Kier molecular flexibility index (Phi) is 8.00. The normalized spacial score (nSPS) is 15.4. The van der Waals surface area contributed by atoms with E-state index in [0.29, 0.717) is 5.57 Å². The van der Waals surface area contributed by atoms with E-state index in [-0.39, 0.29) is 22.7 Å². The molecule has 1 aliphatic heterocycles. The van der Waals surface area contributed by atoms with Crippen LogP contribution >= 0.6 is 23.1 Å². The van der Waals surface area contributed by atoms with Crippen LogP contribution in [0.15, 0.2) is 174 Å². The molecule has 7 rings (SSSR count). The van der Waals surface area contributed by atoms with Gasteiger partial charge in [-0.25, -0.2) is 0 Å². The van der Waals surface area contributed by atoms with E-state index in [1.165, 1.54) is 0 Å². The van der Waals surface area contributed by atoms with Crippen molar-refractivity contribution in [1.82, 2.24) is 0 Å². The van der Waals surface area contributed by atoms with Gasteiger partial charge in [0.05, 0.1) is 0 Å². The zero-order valence-electron chi connectivity index (χ0n) is 24.6. The number of carbonyl (C=O) groups is 1. The van der Waals surface area contributed by atoms with Gasteiger partial charge in [0.1, 0.15) is 0 Å². The molecule has 0 bridgehead atoms. The van der Waals surface area contributed by atoms with Crippen molar-refractivity contribution in [1.29, 1.82) is 0 Å². The van der Waals surface area contributed by atoms with Crippen LogP contribution < -0.4 is 5.11 Å². The van der Waals surface area contributed by atoms with Gasteiger partial charge < -0.3 is 5.11 Å². The summed E-state index contributed by atoms with van der Waals surface area (Å²) in [7, 11) is 0. The quantitative estimate of drug-likeness (QED) is 0.141. The smallest absolute Gasteiger partial charge is 0.239 e. The van der Waals surface area contributed by atoms with Crippen LogP contribution in [-0.4, -0.2) is 5.78 Å². The molecule has 5 aromatic rings. The highest BCUT2D eigenvalue weighted by Crippen LogP contribution is 2.46. The molecule has 1 aromatic heterocycles. The van der Waals surface area contributed by atoms with E-state index in [1.807, 2.05) is 79.7 Å². The van der Waals surface area contributed by atoms with Crippen LogP contribution in [0.3, 0.4) is 0 Å². The lowest BCUT2D eigenvalue weighted by atomic mass is 9.81. The summed E-state index contributed by atoms with van der Waals surface area (Å²) >= 11 is 3.39. The Morgan fingerprint density at radius 1 is 0.644 bits per heavy atom.